The summed E-state index contributed by atoms with van der Waals surface area (Å²) in [6, 6.07) is 21.4. The zero-order valence-electron chi connectivity index (χ0n) is 18.1. The van der Waals surface area contributed by atoms with Gasteiger partial charge in [-0.15, -0.1) is 0 Å². The van der Waals surface area contributed by atoms with Crippen molar-refractivity contribution >= 4 is 21.9 Å². The second-order valence-corrected chi connectivity index (χ2v) is 9.62. The molecule has 0 aliphatic carbocycles. The number of fused-ring (bicyclic) bond motifs is 2. The summed E-state index contributed by atoms with van der Waals surface area (Å²) < 4.78 is 27.2. The third-order valence-electron chi connectivity index (χ3n) is 6.30. The highest BCUT2D eigenvalue weighted by Gasteiger charge is 2.23. The molecule has 0 radical (unpaired) electrons. The van der Waals surface area contributed by atoms with Gasteiger partial charge in [0.2, 0.25) is 0 Å². The Morgan fingerprint density at radius 2 is 1.52 bits per heavy atom. The lowest BCUT2D eigenvalue weighted by atomic mass is 9.98. The van der Waals surface area contributed by atoms with Crippen LogP contribution >= 0.6 is 0 Å². The minimum atomic E-state index is -4.09. The van der Waals surface area contributed by atoms with Crippen molar-refractivity contribution in [3.63, 3.8) is 0 Å². The van der Waals surface area contributed by atoms with Gasteiger partial charge in [0.25, 0.3) is 5.91 Å². The number of carbonyl (C=O) groups is 1. The lowest BCUT2D eigenvalue weighted by Gasteiger charge is -2.31. The Labute approximate surface area is 193 Å². The van der Waals surface area contributed by atoms with E-state index in [1.54, 1.807) is 17.0 Å². The summed E-state index contributed by atoms with van der Waals surface area (Å²) in [7, 11) is -4.09. The molecule has 0 saturated carbocycles. The topological polar surface area (TPSA) is 92.9 Å². The molecule has 33 heavy (non-hydrogen) atoms. The molecule has 2 N–H and O–H groups in total. The maximum absolute atomic E-state index is 13.1. The quantitative estimate of drug-likeness (QED) is 0.642. The molecular formula is C25H25N3O4S. The van der Waals surface area contributed by atoms with Gasteiger partial charge >= 0.3 is 10.3 Å². The molecule has 0 fully saturated rings. The summed E-state index contributed by atoms with van der Waals surface area (Å²) in [4.78, 5) is 17.2. The normalized spacial score (nSPS) is 15.5. The van der Waals surface area contributed by atoms with Crippen LogP contribution in [0.4, 0.5) is 5.69 Å². The van der Waals surface area contributed by atoms with E-state index >= 15 is 0 Å². The maximum Gasteiger partial charge on any atom is 0.380 e. The zero-order valence-corrected chi connectivity index (χ0v) is 18.9. The third-order valence-corrected chi connectivity index (χ3v) is 6.72. The molecule has 2 aliphatic rings. The molecule has 0 saturated heterocycles. The minimum absolute atomic E-state index is 0.0473. The van der Waals surface area contributed by atoms with Gasteiger partial charge in [-0.05, 0) is 71.5 Å². The van der Waals surface area contributed by atoms with E-state index in [9.17, 15) is 13.2 Å². The molecule has 2 heterocycles. The van der Waals surface area contributed by atoms with Gasteiger partial charge in [0.15, 0.2) is 0 Å². The number of carbonyl (C=O) groups excluding carboxylic acids is 1. The Morgan fingerprint density at radius 1 is 0.818 bits per heavy atom. The van der Waals surface area contributed by atoms with Crippen LogP contribution < -0.4 is 14.2 Å². The van der Waals surface area contributed by atoms with Crippen molar-refractivity contribution in [3.8, 4) is 5.75 Å². The maximum atomic E-state index is 13.1. The van der Waals surface area contributed by atoms with Gasteiger partial charge in [-0.2, -0.15) is 13.6 Å². The summed E-state index contributed by atoms with van der Waals surface area (Å²) >= 11 is 0. The molecule has 2 aliphatic heterocycles. The number of rotatable bonds is 4. The van der Waals surface area contributed by atoms with E-state index in [1.807, 2.05) is 30.3 Å². The zero-order chi connectivity index (χ0) is 23.0. The first-order chi connectivity index (χ1) is 15.9. The Balaban J connectivity index is 1.28. The number of amides is 1. The molecule has 0 bridgehead atoms. The van der Waals surface area contributed by atoms with Gasteiger partial charge in [-0.3, -0.25) is 4.79 Å². The summed E-state index contributed by atoms with van der Waals surface area (Å²) in [5.41, 5.74) is 6.43. The monoisotopic (exact) mass is 463 g/mol. The SMILES string of the molecule is NS(=O)(=O)Oc1ccc2c(c1)CN(C(=O)c1ccc(N3CCc4ccccc4C3)cc1)CC2. The second-order valence-electron chi connectivity index (χ2n) is 8.47. The van der Waals surface area contributed by atoms with Crippen LogP contribution in [0.2, 0.25) is 0 Å². The fraction of sp³-hybridized carbons (Fsp3) is 0.240. The molecule has 0 spiro atoms. The predicted molar refractivity (Wildman–Crippen MR) is 126 cm³/mol. The Hall–Kier alpha value is -3.36. The van der Waals surface area contributed by atoms with Crippen molar-refractivity contribution in [2.45, 2.75) is 25.9 Å². The highest BCUT2D eigenvalue weighted by Crippen LogP contribution is 2.27. The third kappa shape index (κ3) is 4.72. The first-order valence-electron chi connectivity index (χ1n) is 10.9. The van der Waals surface area contributed by atoms with Crippen molar-refractivity contribution in [1.82, 2.24) is 4.90 Å². The highest BCUT2D eigenvalue weighted by molar-refractivity contribution is 7.84. The molecule has 3 aromatic carbocycles. The molecule has 0 aromatic heterocycles. The fourth-order valence-electron chi connectivity index (χ4n) is 4.61. The molecule has 3 aromatic rings. The van der Waals surface area contributed by atoms with Gasteiger partial charge in [0.05, 0.1) is 0 Å². The van der Waals surface area contributed by atoms with Crippen LogP contribution in [0.3, 0.4) is 0 Å². The summed E-state index contributed by atoms with van der Waals surface area (Å²) in [5.74, 6) is 0.104. The molecule has 170 valence electrons. The average molecular weight is 464 g/mol. The number of anilines is 1. The molecule has 0 unspecified atom stereocenters. The second kappa shape index (κ2) is 8.53. The minimum Gasteiger partial charge on any atom is -0.371 e. The van der Waals surface area contributed by atoms with Crippen LogP contribution in [0, 0.1) is 0 Å². The summed E-state index contributed by atoms with van der Waals surface area (Å²) in [6.45, 7) is 2.82. The first-order valence-corrected chi connectivity index (χ1v) is 12.4. The van der Waals surface area contributed by atoms with Gasteiger partial charge in [-0.25, -0.2) is 0 Å². The lowest BCUT2D eigenvalue weighted by molar-refractivity contribution is 0.0734. The van der Waals surface area contributed by atoms with Gasteiger partial charge in [0.1, 0.15) is 5.75 Å². The number of hydrogen-bond donors (Lipinski definition) is 1. The summed E-state index contributed by atoms with van der Waals surface area (Å²) in [5, 5.41) is 4.97. The molecular weight excluding hydrogens is 438 g/mol. The fourth-order valence-corrected chi connectivity index (χ4v) is 4.98. The van der Waals surface area contributed by atoms with Gasteiger partial charge in [-0.1, -0.05) is 30.3 Å². The van der Waals surface area contributed by atoms with Crippen LogP contribution in [-0.4, -0.2) is 32.3 Å². The van der Waals surface area contributed by atoms with Crippen LogP contribution in [-0.2, 0) is 36.2 Å². The van der Waals surface area contributed by atoms with E-state index in [-0.39, 0.29) is 11.7 Å². The van der Waals surface area contributed by atoms with Crippen molar-refractivity contribution in [1.29, 1.82) is 0 Å². The van der Waals surface area contributed by atoms with Crippen LogP contribution in [0.5, 0.6) is 5.75 Å². The van der Waals surface area contributed by atoms with E-state index in [1.165, 1.54) is 11.1 Å². The van der Waals surface area contributed by atoms with E-state index in [4.69, 9.17) is 9.32 Å². The van der Waals surface area contributed by atoms with Crippen LogP contribution in [0.15, 0.2) is 66.7 Å². The van der Waals surface area contributed by atoms with Crippen LogP contribution in [0.25, 0.3) is 0 Å². The largest absolute Gasteiger partial charge is 0.380 e. The lowest BCUT2D eigenvalue weighted by Crippen LogP contribution is -2.36. The van der Waals surface area contributed by atoms with Gasteiger partial charge < -0.3 is 14.0 Å². The smallest absolute Gasteiger partial charge is 0.371 e. The molecule has 0 atom stereocenters. The van der Waals surface area contributed by atoms with E-state index in [2.05, 4.69) is 29.2 Å². The number of benzene rings is 3. The van der Waals surface area contributed by atoms with Crippen molar-refractivity contribution in [2.24, 2.45) is 5.14 Å². The number of nitrogens with zero attached hydrogens (tertiary/aromatic N) is 2. The predicted octanol–water partition coefficient (Wildman–Crippen LogP) is 3.03. The van der Waals surface area contributed by atoms with E-state index < -0.39 is 10.3 Å². The highest BCUT2D eigenvalue weighted by atomic mass is 32.2. The van der Waals surface area contributed by atoms with Crippen molar-refractivity contribution in [2.75, 3.05) is 18.0 Å². The Bertz CT molecular complexity index is 1310. The van der Waals surface area contributed by atoms with Crippen LogP contribution in [0.1, 0.15) is 32.6 Å². The molecule has 1 amide bonds. The number of hydrogen-bond acceptors (Lipinski definition) is 5. The van der Waals surface area contributed by atoms with E-state index in [0.717, 1.165) is 36.3 Å². The molecule has 7 nitrogen and oxygen atoms in total. The summed E-state index contributed by atoms with van der Waals surface area (Å²) in [6.07, 6.45) is 1.71. The molecule has 8 heteroatoms. The van der Waals surface area contributed by atoms with Gasteiger partial charge in [0, 0.05) is 37.4 Å². The average Bonchev–Trinajstić information content (AvgIpc) is 2.82. The standard InChI is InChI=1S/C25H25N3O4S/c26-33(30,31)32-24-10-7-19-12-14-28(17-22(19)15-24)25(29)20-5-8-23(9-6-20)27-13-11-18-3-1-2-4-21(18)16-27/h1-10,15H,11-14,16-17H2,(H2,26,30,31). The van der Waals surface area contributed by atoms with Crippen molar-refractivity contribution in [3.05, 3.63) is 94.5 Å². The first kappa shape index (κ1) is 21.5. The Kier molecular flexibility index (Phi) is 5.55. The van der Waals surface area contributed by atoms with Crippen molar-refractivity contribution < 1.29 is 17.4 Å². The molecule has 5 rings (SSSR count). The Morgan fingerprint density at radius 3 is 2.27 bits per heavy atom. The number of nitrogens with two attached hydrogens (primary N) is 1. The van der Waals surface area contributed by atoms with E-state index in [0.29, 0.717) is 25.1 Å².